The molecule has 2 rings (SSSR count). The Hall–Kier alpha value is -1.47. The molecule has 0 saturated carbocycles. The van der Waals surface area contributed by atoms with Gasteiger partial charge in [0.25, 0.3) is 0 Å². The Labute approximate surface area is 129 Å². The monoisotopic (exact) mass is 355 g/mol. The minimum atomic E-state index is -0.955. The van der Waals surface area contributed by atoms with Gasteiger partial charge in [-0.15, -0.1) is 0 Å². The Balaban J connectivity index is 2.22. The second kappa shape index (κ2) is 5.49. The van der Waals surface area contributed by atoms with E-state index in [0.29, 0.717) is 9.60 Å². The van der Waals surface area contributed by atoms with Gasteiger partial charge in [0.05, 0.1) is 11.3 Å². The number of aromatic nitrogens is 2. The molecule has 0 aliphatic rings. The third-order valence-electron chi connectivity index (χ3n) is 2.55. The van der Waals surface area contributed by atoms with Crippen LogP contribution >= 0.6 is 27.5 Å². The summed E-state index contributed by atoms with van der Waals surface area (Å²) in [5.41, 5.74) is 0.891. The van der Waals surface area contributed by atoms with E-state index >= 15 is 0 Å². The molecular weight excluding hydrogens is 342 g/mol. The van der Waals surface area contributed by atoms with Crippen molar-refractivity contribution in [2.24, 2.45) is 0 Å². The van der Waals surface area contributed by atoms with Crippen LogP contribution in [0.1, 0.15) is 37.0 Å². The maximum Gasteiger partial charge on any atom is 0.335 e. The summed E-state index contributed by atoms with van der Waals surface area (Å²) in [7, 11) is 0. The summed E-state index contributed by atoms with van der Waals surface area (Å²) in [6.07, 6.45) is 0. The molecule has 5 nitrogen and oxygen atoms in total. The van der Waals surface area contributed by atoms with Gasteiger partial charge in [0, 0.05) is 21.4 Å². The number of carboxylic acids is 1. The molecule has 0 aliphatic heterocycles. The highest BCUT2D eigenvalue weighted by Gasteiger charge is 2.19. The van der Waals surface area contributed by atoms with Crippen LogP contribution in [0.2, 0.25) is 0 Å². The minimum absolute atomic E-state index is 0.0964. The fourth-order valence-electron chi connectivity index (χ4n) is 1.44. The third kappa shape index (κ3) is 3.34. The Morgan fingerprint density at radius 1 is 1.40 bits per heavy atom. The van der Waals surface area contributed by atoms with Crippen LogP contribution < -0.4 is 5.32 Å². The molecule has 2 N–H and O–H groups in total. The third-order valence-corrected chi connectivity index (χ3v) is 3.84. The number of anilines is 2. The van der Waals surface area contributed by atoms with Crippen LogP contribution in [-0.2, 0) is 5.41 Å². The van der Waals surface area contributed by atoms with Crippen molar-refractivity contribution >= 4 is 44.3 Å². The predicted molar refractivity (Wildman–Crippen MR) is 83.0 cm³/mol. The van der Waals surface area contributed by atoms with E-state index in [9.17, 15) is 4.79 Å². The van der Waals surface area contributed by atoms with Crippen LogP contribution in [0.3, 0.4) is 0 Å². The van der Waals surface area contributed by atoms with Gasteiger partial charge < -0.3 is 10.4 Å². The summed E-state index contributed by atoms with van der Waals surface area (Å²) < 4.78 is 4.99. The number of nitrogens with zero attached hydrogens (tertiary/aromatic N) is 2. The lowest BCUT2D eigenvalue weighted by Crippen LogP contribution is -2.13. The molecule has 0 spiro atoms. The lowest BCUT2D eigenvalue weighted by molar-refractivity contribution is 0.0697. The van der Waals surface area contributed by atoms with Gasteiger partial charge in [-0.1, -0.05) is 20.8 Å². The lowest BCUT2D eigenvalue weighted by atomic mass is 9.96. The molecule has 0 fully saturated rings. The maximum absolute atomic E-state index is 10.9. The summed E-state index contributed by atoms with van der Waals surface area (Å²) in [4.78, 5) is 15.3. The number of halogens is 1. The van der Waals surface area contributed by atoms with Crippen molar-refractivity contribution in [3.63, 3.8) is 0 Å². The average Bonchev–Trinajstić information content (AvgIpc) is 2.80. The molecule has 0 saturated heterocycles. The Morgan fingerprint density at radius 2 is 2.10 bits per heavy atom. The van der Waals surface area contributed by atoms with E-state index in [1.54, 1.807) is 18.2 Å². The van der Waals surface area contributed by atoms with Gasteiger partial charge in [-0.2, -0.15) is 4.37 Å². The molecule has 0 unspecified atom stereocenters. The highest BCUT2D eigenvalue weighted by molar-refractivity contribution is 9.10. The summed E-state index contributed by atoms with van der Waals surface area (Å²) in [6.45, 7) is 6.16. The second-order valence-electron chi connectivity index (χ2n) is 5.30. The molecule has 7 heteroatoms. The highest BCUT2D eigenvalue weighted by Crippen LogP contribution is 2.29. The minimum Gasteiger partial charge on any atom is -0.478 e. The average molecular weight is 356 g/mol. The van der Waals surface area contributed by atoms with Crippen LogP contribution in [0.15, 0.2) is 22.7 Å². The number of aromatic carboxylic acids is 1. The van der Waals surface area contributed by atoms with Crippen molar-refractivity contribution in [2.45, 2.75) is 26.2 Å². The van der Waals surface area contributed by atoms with Gasteiger partial charge in [0.2, 0.25) is 5.13 Å². The first kappa shape index (κ1) is 14.9. The summed E-state index contributed by atoms with van der Waals surface area (Å²) in [6, 6.07) is 4.79. The molecular formula is C13H14BrN3O2S. The van der Waals surface area contributed by atoms with Crippen molar-refractivity contribution in [2.75, 3.05) is 5.32 Å². The summed E-state index contributed by atoms with van der Waals surface area (Å²) >= 11 is 4.63. The first-order valence-corrected chi connectivity index (χ1v) is 7.48. The van der Waals surface area contributed by atoms with E-state index in [0.717, 1.165) is 11.5 Å². The van der Waals surface area contributed by atoms with E-state index in [-0.39, 0.29) is 11.0 Å². The van der Waals surface area contributed by atoms with Gasteiger partial charge in [-0.05, 0) is 34.1 Å². The molecule has 0 aliphatic carbocycles. The Bertz CT molecular complexity index is 649. The second-order valence-corrected chi connectivity index (χ2v) is 6.90. The number of hydrogen-bond acceptors (Lipinski definition) is 5. The SMILES string of the molecule is CC(C)(C)c1nsc(Nc2ccc(C(=O)O)cc2Br)n1. The zero-order valence-corrected chi connectivity index (χ0v) is 13.7. The zero-order chi connectivity index (χ0) is 14.9. The normalized spacial score (nSPS) is 11.4. The first-order chi connectivity index (χ1) is 9.27. The lowest BCUT2D eigenvalue weighted by Gasteiger charge is -2.12. The van der Waals surface area contributed by atoms with Crippen LogP contribution in [-0.4, -0.2) is 20.4 Å². The molecule has 2 aromatic rings. The van der Waals surface area contributed by atoms with Gasteiger partial charge in [-0.25, -0.2) is 9.78 Å². The molecule has 0 amide bonds. The van der Waals surface area contributed by atoms with Crippen molar-refractivity contribution in [1.82, 2.24) is 9.36 Å². The number of rotatable bonds is 3. The van der Waals surface area contributed by atoms with Crippen molar-refractivity contribution in [3.8, 4) is 0 Å². The van der Waals surface area contributed by atoms with Crippen molar-refractivity contribution < 1.29 is 9.90 Å². The van der Waals surface area contributed by atoms with E-state index in [1.165, 1.54) is 11.5 Å². The molecule has 1 aromatic heterocycles. The van der Waals surface area contributed by atoms with Crippen LogP contribution in [0, 0.1) is 0 Å². The molecule has 20 heavy (non-hydrogen) atoms. The van der Waals surface area contributed by atoms with Gasteiger partial charge in [0.15, 0.2) is 0 Å². The van der Waals surface area contributed by atoms with Crippen molar-refractivity contribution in [1.29, 1.82) is 0 Å². The molecule has 0 bridgehead atoms. The summed E-state index contributed by atoms with van der Waals surface area (Å²) in [5.74, 6) is -0.175. The number of carboxylic acid groups (broad SMARTS) is 1. The number of nitrogens with one attached hydrogen (secondary N) is 1. The highest BCUT2D eigenvalue weighted by atomic mass is 79.9. The molecule has 1 heterocycles. The van der Waals surface area contributed by atoms with Crippen LogP contribution in [0.4, 0.5) is 10.8 Å². The predicted octanol–water partition coefficient (Wildman–Crippen LogP) is 4.04. The Morgan fingerprint density at radius 3 is 2.60 bits per heavy atom. The molecule has 0 atom stereocenters. The van der Waals surface area contributed by atoms with E-state index in [1.807, 2.05) is 0 Å². The van der Waals surface area contributed by atoms with Crippen LogP contribution in [0.5, 0.6) is 0 Å². The van der Waals surface area contributed by atoms with Crippen LogP contribution in [0.25, 0.3) is 0 Å². The van der Waals surface area contributed by atoms with Gasteiger partial charge >= 0.3 is 5.97 Å². The Kier molecular flexibility index (Phi) is 4.10. The molecule has 1 aromatic carbocycles. The number of hydrogen-bond donors (Lipinski definition) is 2. The zero-order valence-electron chi connectivity index (χ0n) is 11.3. The fraction of sp³-hybridized carbons (Fsp3) is 0.308. The van der Waals surface area contributed by atoms with E-state index in [2.05, 4.69) is 51.4 Å². The van der Waals surface area contributed by atoms with E-state index < -0.39 is 5.97 Å². The topological polar surface area (TPSA) is 75.1 Å². The molecule has 106 valence electrons. The van der Waals surface area contributed by atoms with Gasteiger partial charge in [-0.3, -0.25) is 0 Å². The van der Waals surface area contributed by atoms with E-state index in [4.69, 9.17) is 5.11 Å². The summed E-state index contributed by atoms with van der Waals surface area (Å²) in [5, 5.41) is 12.7. The largest absolute Gasteiger partial charge is 0.478 e. The van der Waals surface area contributed by atoms with Gasteiger partial charge in [0.1, 0.15) is 5.82 Å². The smallest absolute Gasteiger partial charge is 0.335 e. The molecule has 0 radical (unpaired) electrons. The number of carbonyl (C=O) groups is 1. The maximum atomic E-state index is 10.9. The first-order valence-electron chi connectivity index (χ1n) is 5.91. The standard InChI is InChI=1S/C13H14BrN3O2S/c1-13(2,3)11-16-12(20-17-11)15-9-5-4-7(10(18)19)6-8(9)14/h4-6H,1-3H3,(H,18,19)(H,15,16,17). The fourth-order valence-corrected chi connectivity index (χ4v) is 2.69. The van der Waals surface area contributed by atoms with Crippen molar-refractivity contribution in [3.05, 3.63) is 34.1 Å². The quantitative estimate of drug-likeness (QED) is 0.868. The number of benzene rings is 1.